The highest BCUT2D eigenvalue weighted by Crippen LogP contribution is 2.38. The van der Waals surface area contributed by atoms with Gasteiger partial charge >= 0.3 is 11.9 Å². The van der Waals surface area contributed by atoms with Crippen molar-refractivity contribution < 1.29 is 47.2 Å². The highest BCUT2D eigenvalue weighted by atomic mass is 31.2. The van der Waals surface area contributed by atoms with E-state index in [2.05, 4.69) is 74.6 Å². The zero-order chi connectivity index (χ0) is 45.1. The number of allylic oxidation sites excluding steroid dienone is 15. The zero-order valence-electron chi connectivity index (χ0n) is 38.7. The quantitative estimate of drug-likeness (QED) is 0.0160. The average Bonchev–Trinajstić information content (AvgIpc) is 3.21. The van der Waals surface area contributed by atoms with Crippen molar-refractivity contribution in [3.8, 4) is 0 Å². The van der Waals surface area contributed by atoms with Crippen molar-refractivity contribution in [2.45, 2.75) is 161 Å². The van der Waals surface area contributed by atoms with Crippen LogP contribution in [0.25, 0.3) is 0 Å². The molecular formula is C50H84NO9P. The Morgan fingerprint density at radius 2 is 1.11 bits per heavy atom. The molecule has 0 aliphatic heterocycles. The third-order valence-electron chi connectivity index (χ3n) is 9.18. The summed E-state index contributed by atoms with van der Waals surface area (Å²) < 4.78 is 33.8. The summed E-state index contributed by atoms with van der Waals surface area (Å²) >= 11 is 0. The molecule has 0 rings (SSSR count). The van der Waals surface area contributed by atoms with Crippen LogP contribution in [0.15, 0.2) is 97.2 Å². The summed E-state index contributed by atoms with van der Waals surface area (Å²) in [5.74, 6) is -0.973. The van der Waals surface area contributed by atoms with Crippen LogP contribution in [0.4, 0.5) is 0 Å². The van der Waals surface area contributed by atoms with E-state index in [1.165, 1.54) is 25.7 Å². The minimum atomic E-state index is -4.67. The second kappa shape index (κ2) is 40.9. The van der Waals surface area contributed by atoms with E-state index in [9.17, 15) is 24.2 Å². The number of likely N-dealkylation sites (N-methyl/N-ethyl adjacent to an activating group) is 1. The number of aliphatic hydroxyl groups is 1. The first kappa shape index (κ1) is 57.9. The largest absolute Gasteiger partial charge is 0.756 e. The van der Waals surface area contributed by atoms with Gasteiger partial charge in [-0.15, -0.1) is 0 Å². The molecule has 0 saturated heterocycles. The predicted octanol–water partition coefficient (Wildman–Crippen LogP) is 11.7. The number of rotatable bonds is 40. The topological polar surface area (TPSA) is 131 Å². The fourth-order valence-electron chi connectivity index (χ4n) is 5.50. The van der Waals surface area contributed by atoms with E-state index in [0.29, 0.717) is 30.3 Å². The molecule has 61 heavy (non-hydrogen) atoms. The van der Waals surface area contributed by atoms with Crippen LogP contribution in [0, 0.1) is 0 Å². The van der Waals surface area contributed by atoms with Crippen LogP contribution in [-0.2, 0) is 32.7 Å². The number of unbranched alkanes of at least 4 members (excludes halogenated alkanes) is 9. The lowest BCUT2D eigenvalue weighted by Crippen LogP contribution is -2.37. The molecule has 0 spiro atoms. The van der Waals surface area contributed by atoms with Crippen molar-refractivity contribution in [3.05, 3.63) is 97.2 Å². The van der Waals surface area contributed by atoms with Gasteiger partial charge in [-0.3, -0.25) is 14.2 Å². The smallest absolute Gasteiger partial charge is 0.306 e. The fourth-order valence-corrected chi connectivity index (χ4v) is 6.23. The molecule has 0 aliphatic rings. The van der Waals surface area contributed by atoms with Gasteiger partial charge in [-0.2, -0.15) is 0 Å². The molecule has 11 heteroatoms. The van der Waals surface area contributed by atoms with Crippen LogP contribution in [0.2, 0.25) is 0 Å². The van der Waals surface area contributed by atoms with Crippen LogP contribution in [-0.4, -0.2) is 81.2 Å². The zero-order valence-corrected chi connectivity index (χ0v) is 39.6. The summed E-state index contributed by atoms with van der Waals surface area (Å²) in [5.41, 5.74) is 0. The Balaban J connectivity index is 4.55. The number of carbonyl (C=O) groups excluding carboxylic acids is 2. The second-order valence-electron chi connectivity index (χ2n) is 16.3. The fraction of sp³-hybridized carbons (Fsp3) is 0.640. The Kier molecular flexibility index (Phi) is 38.8. The molecule has 0 radical (unpaired) electrons. The number of phosphoric ester groups is 1. The first-order valence-corrected chi connectivity index (χ1v) is 24.5. The van der Waals surface area contributed by atoms with E-state index in [1.807, 2.05) is 57.6 Å². The molecule has 0 aliphatic carbocycles. The summed E-state index contributed by atoms with van der Waals surface area (Å²) in [7, 11) is 1.07. The Bertz CT molecular complexity index is 1370. The number of quaternary nitrogens is 1. The molecule has 1 unspecified atom stereocenters. The molecule has 0 aromatic heterocycles. The maximum atomic E-state index is 12.7. The predicted molar refractivity (Wildman–Crippen MR) is 251 cm³/mol. The number of hydrogen-bond acceptors (Lipinski definition) is 9. The molecule has 10 nitrogen and oxygen atoms in total. The van der Waals surface area contributed by atoms with Crippen molar-refractivity contribution in [1.29, 1.82) is 0 Å². The Hall–Kier alpha value is -3.11. The molecule has 3 atom stereocenters. The molecule has 0 amide bonds. The van der Waals surface area contributed by atoms with Crippen LogP contribution in [0.5, 0.6) is 0 Å². The standard InChI is InChI=1S/C50H84NO9P/c1-6-8-10-11-12-13-14-15-16-17-18-19-20-21-24-28-31-34-38-42-50(54)60-48(46-59-61(55,56)58-44-43-51(3,4)5)45-57-49(53)41-37-33-30-27-25-22-23-26-29-32-36-40-47(52)39-35-9-7-2/h12-13,15-16,18-19,21-24,27,29-30,32,36,40,47-48,52H,6-11,14,17,20,25-26,28,31,33-35,37-39,41-46H2,1-5H3/b13-12-,16-15-,19-18-,23-22-,24-21-,30-27-,32-29-,40-36+/t47-,48-/m1/s1. The summed E-state index contributed by atoms with van der Waals surface area (Å²) in [5, 5.41) is 9.91. The van der Waals surface area contributed by atoms with Gasteiger partial charge in [0.1, 0.15) is 19.8 Å². The van der Waals surface area contributed by atoms with Gasteiger partial charge in [0, 0.05) is 12.8 Å². The van der Waals surface area contributed by atoms with Gasteiger partial charge < -0.3 is 33.0 Å². The minimum absolute atomic E-state index is 0.0591. The molecule has 0 aromatic carbocycles. The van der Waals surface area contributed by atoms with E-state index >= 15 is 0 Å². The monoisotopic (exact) mass is 874 g/mol. The summed E-state index contributed by atoms with van der Waals surface area (Å²) in [6.07, 6.45) is 50.5. The van der Waals surface area contributed by atoms with E-state index in [0.717, 1.165) is 77.0 Å². The number of carbonyl (C=O) groups is 2. The number of ether oxygens (including phenoxy) is 2. The van der Waals surface area contributed by atoms with Gasteiger partial charge in [0.15, 0.2) is 6.10 Å². The lowest BCUT2D eigenvalue weighted by molar-refractivity contribution is -0.870. The van der Waals surface area contributed by atoms with E-state index in [4.69, 9.17) is 18.5 Å². The van der Waals surface area contributed by atoms with Gasteiger partial charge in [-0.1, -0.05) is 150 Å². The molecular weight excluding hydrogens is 790 g/mol. The highest BCUT2D eigenvalue weighted by Gasteiger charge is 2.21. The van der Waals surface area contributed by atoms with E-state index < -0.39 is 32.5 Å². The van der Waals surface area contributed by atoms with Gasteiger partial charge in [0.25, 0.3) is 7.82 Å². The van der Waals surface area contributed by atoms with Crippen molar-refractivity contribution in [2.24, 2.45) is 0 Å². The Labute approximate surface area is 371 Å². The molecule has 0 saturated carbocycles. The number of hydrogen-bond donors (Lipinski definition) is 1. The molecule has 1 N–H and O–H groups in total. The van der Waals surface area contributed by atoms with Crippen molar-refractivity contribution >= 4 is 19.8 Å². The summed E-state index contributed by atoms with van der Waals surface area (Å²) in [6, 6.07) is 0. The minimum Gasteiger partial charge on any atom is -0.756 e. The van der Waals surface area contributed by atoms with Gasteiger partial charge in [-0.05, 0) is 83.5 Å². The molecule has 0 aromatic rings. The van der Waals surface area contributed by atoms with Crippen molar-refractivity contribution in [2.75, 3.05) is 47.5 Å². The maximum absolute atomic E-state index is 12.7. The summed E-state index contributed by atoms with van der Waals surface area (Å²) in [6.45, 7) is 3.93. The maximum Gasteiger partial charge on any atom is 0.306 e. The molecule has 0 heterocycles. The molecule has 0 bridgehead atoms. The second-order valence-corrected chi connectivity index (χ2v) is 17.7. The van der Waals surface area contributed by atoms with Gasteiger partial charge in [0.05, 0.1) is 33.9 Å². The van der Waals surface area contributed by atoms with Crippen LogP contribution >= 0.6 is 7.82 Å². The van der Waals surface area contributed by atoms with Crippen molar-refractivity contribution in [3.63, 3.8) is 0 Å². The third kappa shape index (κ3) is 44.7. The highest BCUT2D eigenvalue weighted by molar-refractivity contribution is 7.45. The summed E-state index contributed by atoms with van der Waals surface area (Å²) in [4.78, 5) is 37.6. The lowest BCUT2D eigenvalue weighted by Gasteiger charge is -2.28. The first-order chi connectivity index (χ1) is 29.4. The van der Waals surface area contributed by atoms with E-state index in [-0.39, 0.29) is 32.2 Å². The van der Waals surface area contributed by atoms with Crippen LogP contribution in [0.3, 0.4) is 0 Å². The number of phosphoric acid groups is 1. The molecule has 0 fully saturated rings. The normalized spacial score (nSPS) is 14.9. The first-order valence-electron chi connectivity index (χ1n) is 23.1. The SMILES string of the molecule is CCCCC/C=C\C/C=C\C/C=C\C/C=C\CCCCCC(=O)O[C@H](COC(=O)CCC/C=C\C/C=C\C/C=C\C=C\[C@H](O)CCCCC)COP(=O)([O-])OCC[N+](C)(C)C. The Morgan fingerprint density at radius 1 is 0.607 bits per heavy atom. The van der Waals surface area contributed by atoms with Gasteiger partial charge in [0.2, 0.25) is 0 Å². The number of aliphatic hydroxyl groups excluding tert-OH is 1. The van der Waals surface area contributed by atoms with Crippen LogP contribution in [0.1, 0.15) is 149 Å². The van der Waals surface area contributed by atoms with Gasteiger partial charge in [-0.25, -0.2) is 0 Å². The van der Waals surface area contributed by atoms with Crippen LogP contribution < -0.4 is 4.89 Å². The lowest BCUT2D eigenvalue weighted by atomic mass is 10.1. The van der Waals surface area contributed by atoms with E-state index in [1.54, 1.807) is 0 Å². The average molecular weight is 874 g/mol. The number of nitrogens with zero attached hydrogens (tertiary/aromatic N) is 1. The third-order valence-corrected chi connectivity index (χ3v) is 10.1. The van der Waals surface area contributed by atoms with Crippen molar-refractivity contribution in [1.82, 2.24) is 0 Å². The number of esters is 2. The molecule has 348 valence electrons. The Morgan fingerprint density at radius 3 is 1.69 bits per heavy atom.